The van der Waals surface area contributed by atoms with E-state index in [9.17, 15) is 19.8 Å². The molecule has 1 fully saturated rings. The summed E-state index contributed by atoms with van der Waals surface area (Å²) in [5.74, 6) is -2.39. The first-order valence-electron chi connectivity index (χ1n) is 4.37. The minimum absolute atomic E-state index is 0. The van der Waals surface area contributed by atoms with Crippen LogP contribution in [0, 0.1) is 7.05 Å². The average molecular weight is 283 g/mol. The van der Waals surface area contributed by atoms with Crippen molar-refractivity contribution in [2.45, 2.75) is 0 Å². The molecule has 0 aliphatic carbocycles. The maximum absolute atomic E-state index is 10.4. The van der Waals surface area contributed by atoms with E-state index in [0.717, 1.165) is 0 Å². The SMILES string of the molecule is [CH2-]N1CN(CC(=O)[O-])CN(CC(=O)[O-])C1.[Na+].[Na+].[Na+]. The molecular weight excluding hydrogens is 271 g/mol. The maximum Gasteiger partial charge on any atom is 1.00 e. The van der Waals surface area contributed by atoms with Crippen molar-refractivity contribution in [3.8, 4) is 0 Å². The van der Waals surface area contributed by atoms with Crippen molar-refractivity contribution in [3.63, 3.8) is 0 Å². The quantitative estimate of drug-likeness (QED) is 0.374. The molecule has 10 heteroatoms. The molecule has 86 valence electrons. The third-order valence-electron chi connectivity index (χ3n) is 1.91. The van der Waals surface area contributed by atoms with Gasteiger partial charge in [-0.2, -0.15) is 0 Å². The predicted octanol–water partition coefficient (Wildman–Crippen LogP) is -12.9. The summed E-state index contributed by atoms with van der Waals surface area (Å²) in [5.41, 5.74) is 0. The molecule has 0 spiro atoms. The Bertz CT molecular complexity index is 246. The van der Waals surface area contributed by atoms with E-state index >= 15 is 0 Å². The van der Waals surface area contributed by atoms with Gasteiger partial charge < -0.3 is 24.7 Å². The Morgan fingerprint density at radius 1 is 0.889 bits per heavy atom. The minimum atomic E-state index is -1.20. The van der Waals surface area contributed by atoms with Crippen LogP contribution in [0.4, 0.5) is 0 Å². The summed E-state index contributed by atoms with van der Waals surface area (Å²) >= 11 is 0. The van der Waals surface area contributed by atoms with Gasteiger partial charge in [0.05, 0.1) is 18.6 Å². The molecule has 0 amide bonds. The summed E-state index contributed by atoms with van der Waals surface area (Å²) in [6.45, 7) is 0.522. The van der Waals surface area contributed by atoms with Crippen LogP contribution in [0.3, 0.4) is 0 Å². The summed E-state index contributed by atoms with van der Waals surface area (Å²) in [6.07, 6.45) is 0. The fourth-order valence-corrected chi connectivity index (χ4v) is 1.55. The molecule has 0 N–H and O–H groups in total. The smallest absolute Gasteiger partial charge is 0.549 e. The molecule has 0 aromatic heterocycles. The third-order valence-corrected chi connectivity index (χ3v) is 1.91. The van der Waals surface area contributed by atoms with Crippen LogP contribution in [0.15, 0.2) is 0 Å². The second-order valence-corrected chi connectivity index (χ2v) is 3.50. The number of carboxylic acids is 2. The van der Waals surface area contributed by atoms with E-state index in [-0.39, 0.29) is 108 Å². The molecule has 1 aliphatic rings. The van der Waals surface area contributed by atoms with E-state index in [0.29, 0.717) is 13.3 Å². The average Bonchev–Trinajstić information content (AvgIpc) is 1.98. The molecule has 7 nitrogen and oxygen atoms in total. The number of rotatable bonds is 4. The van der Waals surface area contributed by atoms with Gasteiger partial charge in [0, 0.05) is 26.4 Å². The fourth-order valence-electron chi connectivity index (χ4n) is 1.55. The summed E-state index contributed by atoms with van der Waals surface area (Å²) < 4.78 is 0. The number of nitrogens with zero attached hydrogens (tertiary/aromatic N) is 3. The number of carbonyl (C=O) groups excluding carboxylic acids is 2. The van der Waals surface area contributed by atoms with Crippen LogP contribution in [-0.2, 0) is 9.59 Å². The molecule has 0 aromatic carbocycles. The van der Waals surface area contributed by atoms with Gasteiger partial charge in [-0.1, -0.05) is 0 Å². The van der Waals surface area contributed by atoms with Crippen molar-refractivity contribution < 1.29 is 108 Å². The molecule has 0 aromatic rings. The number of hydrogen-bond donors (Lipinski definition) is 0. The molecule has 1 heterocycles. The Morgan fingerprint density at radius 2 is 1.22 bits per heavy atom. The molecule has 0 radical (unpaired) electrons. The van der Waals surface area contributed by atoms with E-state index < -0.39 is 11.9 Å². The van der Waals surface area contributed by atoms with Gasteiger partial charge in [0.2, 0.25) is 0 Å². The van der Waals surface area contributed by atoms with Crippen LogP contribution in [0.25, 0.3) is 0 Å². The molecule has 0 bridgehead atoms. The number of aliphatic carboxylic acids is 2. The zero-order valence-electron chi connectivity index (χ0n) is 11.2. The first kappa shape index (κ1) is 24.8. The fraction of sp³-hybridized carbons (Fsp3) is 0.625. The standard InChI is InChI=1S/C8H14N3O4.3Na/c1-9-4-10(2-7(12)13)6-11(5-9)3-8(14)15;;;/h1-6H2,(H,12,13)(H,14,15);;;/q-1;3*+1/p-2. The number of carboxylic acid groups (broad SMARTS) is 2. The molecule has 1 rings (SSSR count). The van der Waals surface area contributed by atoms with Crippen molar-refractivity contribution in [2.75, 3.05) is 33.1 Å². The second kappa shape index (κ2) is 12.6. The van der Waals surface area contributed by atoms with Gasteiger partial charge >= 0.3 is 88.7 Å². The monoisotopic (exact) mass is 283 g/mol. The van der Waals surface area contributed by atoms with Crippen molar-refractivity contribution in [1.82, 2.24) is 14.7 Å². The third kappa shape index (κ3) is 10.6. The summed E-state index contributed by atoms with van der Waals surface area (Å²) in [6, 6.07) is 0. The van der Waals surface area contributed by atoms with Gasteiger partial charge in [0.25, 0.3) is 0 Å². The molecular formula is C8H12N3Na3O4. The molecule has 0 unspecified atom stereocenters. The first-order chi connectivity index (χ1) is 6.97. The van der Waals surface area contributed by atoms with Crippen LogP contribution in [0.1, 0.15) is 0 Å². The molecule has 18 heavy (non-hydrogen) atoms. The van der Waals surface area contributed by atoms with E-state index in [4.69, 9.17) is 0 Å². The van der Waals surface area contributed by atoms with E-state index in [1.165, 1.54) is 9.80 Å². The molecule has 0 saturated carbocycles. The zero-order chi connectivity index (χ0) is 11.4. The van der Waals surface area contributed by atoms with E-state index in [1.54, 1.807) is 4.90 Å². The van der Waals surface area contributed by atoms with Crippen LogP contribution in [0.2, 0.25) is 0 Å². The van der Waals surface area contributed by atoms with Crippen LogP contribution >= 0.6 is 0 Å². The molecule has 0 atom stereocenters. The Hall–Kier alpha value is 1.82. The topological polar surface area (TPSA) is 90.0 Å². The van der Waals surface area contributed by atoms with Gasteiger partial charge in [0.1, 0.15) is 0 Å². The largest absolute Gasteiger partial charge is 1.00 e. The minimum Gasteiger partial charge on any atom is -0.549 e. The maximum atomic E-state index is 10.4. The zero-order valence-corrected chi connectivity index (χ0v) is 17.2. The van der Waals surface area contributed by atoms with Crippen molar-refractivity contribution >= 4 is 11.9 Å². The summed E-state index contributed by atoms with van der Waals surface area (Å²) in [7, 11) is 3.64. The Labute approximate surface area is 173 Å². The normalized spacial score (nSPS) is 16.9. The van der Waals surface area contributed by atoms with Gasteiger partial charge in [-0.3, -0.25) is 16.8 Å². The van der Waals surface area contributed by atoms with Crippen molar-refractivity contribution in [1.29, 1.82) is 0 Å². The van der Waals surface area contributed by atoms with Crippen LogP contribution in [0.5, 0.6) is 0 Å². The van der Waals surface area contributed by atoms with Crippen molar-refractivity contribution in [3.05, 3.63) is 7.05 Å². The number of hydrogen-bond acceptors (Lipinski definition) is 7. The van der Waals surface area contributed by atoms with Gasteiger partial charge in [-0.05, 0) is 0 Å². The van der Waals surface area contributed by atoms with Crippen molar-refractivity contribution in [2.24, 2.45) is 0 Å². The predicted molar refractivity (Wildman–Crippen MR) is 45.2 cm³/mol. The summed E-state index contributed by atoms with van der Waals surface area (Å²) in [5, 5.41) is 20.7. The van der Waals surface area contributed by atoms with Gasteiger partial charge in [0.15, 0.2) is 0 Å². The molecule has 1 saturated heterocycles. The van der Waals surface area contributed by atoms with Crippen LogP contribution < -0.4 is 98.9 Å². The van der Waals surface area contributed by atoms with Crippen LogP contribution in [-0.4, -0.2) is 59.7 Å². The van der Waals surface area contributed by atoms with E-state index in [2.05, 4.69) is 7.05 Å². The van der Waals surface area contributed by atoms with E-state index in [1.807, 2.05) is 0 Å². The Kier molecular flexibility index (Phi) is 17.3. The Morgan fingerprint density at radius 3 is 1.50 bits per heavy atom. The van der Waals surface area contributed by atoms with Gasteiger partial charge in [-0.15, -0.1) is 0 Å². The first-order valence-corrected chi connectivity index (χ1v) is 4.37. The second-order valence-electron chi connectivity index (χ2n) is 3.50. The number of carbonyl (C=O) groups is 2. The summed E-state index contributed by atoms with van der Waals surface area (Å²) in [4.78, 5) is 25.3. The molecule has 1 aliphatic heterocycles. The Balaban J connectivity index is -0.000000750. The van der Waals surface area contributed by atoms with Gasteiger partial charge in [-0.25, -0.2) is 0 Å².